The number of aromatic nitrogens is 4. The summed E-state index contributed by atoms with van der Waals surface area (Å²) in [5, 5.41) is 14.3. The fourth-order valence-corrected chi connectivity index (χ4v) is 3.93. The molecular formula is C16H14N6OS2. The number of nitrogens with one attached hydrogen (secondary N) is 2. The maximum absolute atomic E-state index is 5.36. The number of nitrogens with zero attached hydrogens (tertiary/aromatic N) is 4. The minimum atomic E-state index is 0.328. The van der Waals surface area contributed by atoms with Crippen LogP contribution in [0.15, 0.2) is 39.6 Å². The summed E-state index contributed by atoms with van der Waals surface area (Å²) in [7, 11) is 1.65. The van der Waals surface area contributed by atoms with Crippen LogP contribution in [-0.4, -0.2) is 39.7 Å². The average molecular weight is 370 g/mol. The van der Waals surface area contributed by atoms with Gasteiger partial charge in [-0.2, -0.15) is 10.1 Å². The number of methoxy groups -OCH3 is 1. The fraction of sp³-hybridized carbons (Fsp3) is 0.125. The molecule has 0 spiro atoms. The van der Waals surface area contributed by atoms with Crippen LogP contribution in [0.1, 0.15) is 5.56 Å². The van der Waals surface area contributed by atoms with E-state index in [1.54, 1.807) is 36.4 Å². The van der Waals surface area contributed by atoms with E-state index in [1.165, 1.54) is 0 Å². The van der Waals surface area contributed by atoms with Gasteiger partial charge in [0.2, 0.25) is 0 Å². The first-order valence-electron chi connectivity index (χ1n) is 7.40. The molecule has 0 atom stereocenters. The molecule has 3 aromatic heterocycles. The summed E-state index contributed by atoms with van der Waals surface area (Å²) < 4.78 is 6.52. The second-order valence-electron chi connectivity index (χ2n) is 5.09. The van der Waals surface area contributed by atoms with Crippen molar-refractivity contribution in [2.45, 2.75) is 4.21 Å². The van der Waals surface area contributed by atoms with Gasteiger partial charge in [0.1, 0.15) is 5.52 Å². The zero-order chi connectivity index (χ0) is 17.2. The van der Waals surface area contributed by atoms with Crippen LogP contribution in [-0.2, 0) is 0 Å². The van der Waals surface area contributed by atoms with E-state index >= 15 is 0 Å². The van der Waals surface area contributed by atoms with Crippen molar-refractivity contribution >= 4 is 57.3 Å². The van der Waals surface area contributed by atoms with Gasteiger partial charge in [-0.25, -0.2) is 5.43 Å². The molecule has 0 amide bonds. The van der Waals surface area contributed by atoms with Gasteiger partial charge in [-0.3, -0.25) is 0 Å². The zero-order valence-electron chi connectivity index (χ0n) is 13.5. The van der Waals surface area contributed by atoms with Crippen molar-refractivity contribution in [2.75, 3.05) is 18.8 Å². The molecule has 0 aliphatic carbocycles. The number of aromatic amines is 1. The lowest BCUT2D eigenvalue weighted by atomic mass is 10.2. The van der Waals surface area contributed by atoms with Crippen molar-refractivity contribution in [3.8, 4) is 5.06 Å². The molecule has 0 unspecified atom stereocenters. The summed E-state index contributed by atoms with van der Waals surface area (Å²) in [5.74, 6) is 0.328. The Morgan fingerprint density at radius 2 is 2.20 bits per heavy atom. The lowest BCUT2D eigenvalue weighted by Crippen LogP contribution is -1.99. The number of hydrogen-bond acceptors (Lipinski definition) is 8. The number of H-pyrrole nitrogens is 1. The first kappa shape index (κ1) is 15.9. The first-order chi connectivity index (χ1) is 12.3. The van der Waals surface area contributed by atoms with Crippen LogP contribution in [0.3, 0.4) is 0 Å². The van der Waals surface area contributed by atoms with Crippen LogP contribution in [0.2, 0.25) is 0 Å². The van der Waals surface area contributed by atoms with E-state index < -0.39 is 0 Å². The molecule has 0 saturated heterocycles. The van der Waals surface area contributed by atoms with E-state index in [2.05, 4.69) is 30.7 Å². The average Bonchev–Trinajstić information content (AvgIpc) is 3.21. The molecule has 1 aromatic carbocycles. The molecule has 0 radical (unpaired) electrons. The number of rotatable bonds is 5. The Hall–Kier alpha value is -2.65. The molecule has 25 heavy (non-hydrogen) atoms. The molecule has 4 aromatic rings. The third-order valence-electron chi connectivity index (χ3n) is 3.58. The monoisotopic (exact) mass is 370 g/mol. The predicted octanol–water partition coefficient (Wildman–Crippen LogP) is 3.74. The quantitative estimate of drug-likeness (QED) is 0.316. The molecule has 2 N–H and O–H groups in total. The Morgan fingerprint density at radius 3 is 3.04 bits per heavy atom. The maximum Gasteiger partial charge on any atom is 0.265 e. The Bertz CT molecular complexity index is 1070. The summed E-state index contributed by atoms with van der Waals surface area (Å²) in [6, 6.07) is 9.92. The molecule has 0 bridgehead atoms. The molecule has 4 rings (SSSR count). The molecule has 0 saturated carbocycles. The summed E-state index contributed by atoms with van der Waals surface area (Å²) in [5.41, 5.74) is 6.12. The van der Waals surface area contributed by atoms with E-state index in [9.17, 15) is 0 Å². The highest BCUT2D eigenvalue weighted by molar-refractivity contribution is 8.00. The molecule has 126 valence electrons. The Labute approximate surface area is 151 Å². The topological polar surface area (TPSA) is 88.1 Å². The minimum Gasteiger partial charge on any atom is -0.487 e. The van der Waals surface area contributed by atoms with Crippen molar-refractivity contribution in [1.29, 1.82) is 0 Å². The van der Waals surface area contributed by atoms with Crippen molar-refractivity contribution in [3.05, 3.63) is 35.9 Å². The Balaban J connectivity index is 1.58. The second-order valence-corrected chi connectivity index (χ2v) is 7.21. The lowest BCUT2D eigenvalue weighted by Gasteiger charge is -1.98. The third-order valence-corrected chi connectivity index (χ3v) is 5.76. The van der Waals surface area contributed by atoms with Gasteiger partial charge >= 0.3 is 0 Å². The summed E-state index contributed by atoms with van der Waals surface area (Å²) in [4.78, 5) is 7.65. The number of hydrazone groups is 1. The standard InChI is InChI=1S/C16H14N6OS2/c1-23-15-9(7-12(24-2)25-15)8-17-21-16-19-14-13(20-22-16)10-5-3-4-6-11(10)18-14/h3-8H,1-2H3,(H2,18,19,21,22)/b17-8-. The Kier molecular flexibility index (Phi) is 4.24. The Morgan fingerprint density at radius 1 is 1.32 bits per heavy atom. The largest absolute Gasteiger partial charge is 0.487 e. The minimum absolute atomic E-state index is 0.328. The number of ether oxygens (including phenoxy) is 1. The number of thioether (sulfide) groups is 1. The van der Waals surface area contributed by atoms with Crippen LogP contribution in [0.4, 0.5) is 5.95 Å². The third kappa shape index (κ3) is 3.03. The summed E-state index contributed by atoms with van der Waals surface area (Å²) >= 11 is 3.25. The van der Waals surface area contributed by atoms with Gasteiger partial charge in [0.05, 0.1) is 17.5 Å². The summed E-state index contributed by atoms with van der Waals surface area (Å²) in [6.45, 7) is 0. The smallest absolute Gasteiger partial charge is 0.265 e. The molecule has 0 aliphatic heterocycles. The van der Waals surface area contributed by atoms with Crippen LogP contribution >= 0.6 is 23.1 Å². The van der Waals surface area contributed by atoms with Gasteiger partial charge in [-0.05, 0) is 18.4 Å². The van der Waals surface area contributed by atoms with E-state index in [0.717, 1.165) is 31.3 Å². The van der Waals surface area contributed by atoms with E-state index in [1.807, 2.05) is 36.6 Å². The van der Waals surface area contributed by atoms with Crippen molar-refractivity contribution in [3.63, 3.8) is 0 Å². The normalized spacial score (nSPS) is 11.6. The van der Waals surface area contributed by atoms with E-state index in [0.29, 0.717) is 11.6 Å². The molecule has 9 heteroatoms. The predicted molar refractivity (Wildman–Crippen MR) is 103 cm³/mol. The van der Waals surface area contributed by atoms with Crippen molar-refractivity contribution in [1.82, 2.24) is 20.2 Å². The number of thiophene rings is 1. The van der Waals surface area contributed by atoms with Crippen molar-refractivity contribution in [2.24, 2.45) is 5.10 Å². The van der Waals surface area contributed by atoms with Gasteiger partial charge in [0.15, 0.2) is 10.7 Å². The van der Waals surface area contributed by atoms with Gasteiger partial charge in [0.25, 0.3) is 5.95 Å². The van der Waals surface area contributed by atoms with Crippen LogP contribution in [0, 0.1) is 0 Å². The van der Waals surface area contributed by atoms with Crippen LogP contribution in [0.5, 0.6) is 5.06 Å². The molecule has 7 nitrogen and oxygen atoms in total. The number of fused-ring (bicyclic) bond motifs is 3. The van der Waals surface area contributed by atoms with Gasteiger partial charge < -0.3 is 9.72 Å². The van der Waals surface area contributed by atoms with Gasteiger partial charge in [-0.15, -0.1) is 22.0 Å². The summed E-state index contributed by atoms with van der Waals surface area (Å²) in [6.07, 6.45) is 3.72. The molecular weight excluding hydrogens is 356 g/mol. The van der Waals surface area contributed by atoms with Crippen LogP contribution < -0.4 is 10.2 Å². The molecule has 0 aliphatic rings. The van der Waals surface area contributed by atoms with Gasteiger partial charge in [-0.1, -0.05) is 29.5 Å². The zero-order valence-corrected chi connectivity index (χ0v) is 15.1. The van der Waals surface area contributed by atoms with Gasteiger partial charge in [0, 0.05) is 16.5 Å². The van der Waals surface area contributed by atoms with E-state index in [-0.39, 0.29) is 0 Å². The SMILES string of the molecule is COc1sc(SC)cc1/C=N\Nc1nnc2c(n1)[nH]c1ccccc12. The molecule has 3 heterocycles. The number of benzene rings is 1. The first-order valence-corrected chi connectivity index (χ1v) is 9.44. The highest BCUT2D eigenvalue weighted by atomic mass is 32.2. The number of anilines is 1. The highest BCUT2D eigenvalue weighted by Crippen LogP contribution is 2.34. The fourth-order valence-electron chi connectivity index (χ4n) is 2.44. The van der Waals surface area contributed by atoms with Crippen LogP contribution in [0.25, 0.3) is 22.1 Å². The highest BCUT2D eigenvalue weighted by Gasteiger charge is 2.09. The number of para-hydroxylation sites is 1. The second kappa shape index (κ2) is 6.69. The lowest BCUT2D eigenvalue weighted by molar-refractivity contribution is 0.426. The van der Waals surface area contributed by atoms with E-state index in [4.69, 9.17) is 4.74 Å². The van der Waals surface area contributed by atoms with Crippen molar-refractivity contribution < 1.29 is 4.74 Å². The molecule has 0 fully saturated rings. The maximum atomic E-state index is 5.36. The number of hydrogen-bond donors (Lipinski definition) is 2.